The van der Waals surface area contributed by atoms with Gasteiger partial charge in [0.1, 0.15) is 0 Å². The number of rotatable bonds is 4. The van der Waals surface area contributed by atoms with Gasteiger partial charge in [-0.1, -0.05) is 26.2 Å². The van der Waals surface area contributed by atoms with Gasteiger partial charge in [-0.05, 0) is 62.2 Å². The fourth-order valence-corrected chi connectivity index (χ4v) is 4.22. The fourth-order valence-electron chi connectivity index (χ4n) is 4.22. The Labute approximate surface area is 111 Å². The van der Waals surface area contributed by atoms with Crippen molar-refractivity contribution in [3.8, 4) is 0 Å². The lowest BCUT2D eigenvalue weighted by Crippen LogP contribution is -2.26. The SMILES string of the molecule is CC[C@H]1CC[C@H]([C@H]2CC[C@H](CC(F)F)CC2)CC1. The van der Waals surface area contributed by atoms with Crippen molar-refractivity contribution in [2.75, 3.05) is 0 Å². The summed E-state index contributed by atoms with van der Waals surface area (Å²) in [5.41, 5.74) is 0. The van der Waals surface area contributed by atoms with Crippen LogP contribution in [0.1, 0.15) is 71.1 Å². The lowest BCUT2D eigenvalue weighted by molar-refractivity contribution is 0.0835. The van der Waals surface area contributed by atoms with Gasteiger partial charge in [0.2, 0.25) is 6.43 Å². The van der Waals surface area contributed by atoms with Crippen molar-refractivity contribution >= 4 is 0 Å². The third-order valence-corrected chi connectivity index (χ3v) is 5.54. The highest BCUT2D eigenvalue weighted by atomic mass is 19.3. The molecule has 0 spiro atoms. The molecule has 2 aliphatic carbocycles. The molecule has 0 aromatic heterocycles. The van der Waals surface area contributed by atoms with Crippen molar-refractivity contribution in [1.82, 2.24) is 0 Å². The van der Waals surface area contributed by atoms with Crippen LogP contribution in [0.5, 0.6) is 0 Å². The van der Waals surface area contributed by atoms with Gasteiger partial charge in [0.05, 0.1) is 0 Å². The molecule has 0 N–H and O–H groups in total. The van der Waals surface area contributed by atoms with Crippen molar-refractivity contribution < 1.29 is 8.78 Å². The molecule has 0 atom stereocenters. The summed E-state index contributed by atoms with van der Waals surface area (Å²) < 4.78 is 24.7. The van der Waals surface area contributed by atoms with Crippen LogP contribution in [0.25, 0.3) is 0 Å². The van der Waals surface area contributed by atoms with E-state index in [2.05, 4.69) is 6.92 Å². The highest BCUT2D eigenvalue weighted by Gasteiger charge is 2.31. The van der Waals surface area contributed by atoms with E-state index in [1.165, 1.54) is 44.9 Å². The van der Waals surface area contributed by atoms with Gasteiger partial charge in [-0.25, -0.2) is 8.78 Å². The number of hydrogen-bond acceptors (Lipinski definition) is 0. The van der Waals surface area contributed by atoms with E-state index in [0.717, 1.165) is 30.6 Å². The zero-order valence-electron chi connectivity index (χ0n) is 11.7. The van der Waals surface area contributed by atoms with Crippen LogP contribution < -0.4 is 0 Å². The lowest BCUT2D eigenvalue weighted by Gasteiger charge is -2.37. The van der Waals surface area contributed by atoms with Crippen molar-refractivity contribution in [1.29, 1.82) is 0 Å². The molecule has 2 saturated carbocycles. The van der Waals surface area contributed by atoms with Gasteiger partial charge in [0.25, 0.3) is 0 Å². The Bertz CT molecular complexity index is 223. The van der Waals surface area contributed by atoms with Crippen molar-refractivity contribution in [3.63, 3.8) is 0 Å². The average Bonchev–Trinajstić information content (AvgIpc) is 2.39. The van der Waals surface area contributed by atoms with E-state index in [1.807, 2.05) is 0 Å². The summed E-state index contributed by atoms with van der Waals surface area (Å²) in [6, 6.07) is 0. The molecule has 0 aromatic rings. The summed E-state index contributed by atoms with van der Waals surface area (Å²) in [4.78, 5) is 0. The number of alkyl halides is 2. The first kappa shape index (κ1) is 14.3. The Kier molecular flexibility index (Phi) is 5.44. The predicted octanol–water partition coefficient (Wildman–Crippen LogP) is 5.66. The van der Waals surface area contributed by atoms with Gasteiger partial charge in [-0.3, -0.25) is 0 Å². The Morgan fingerprint density at radius 1 is 0.778 bits per heavy atom. The van der Waals surface area contributed by atoms with Crippen molar-refractivity contribution in [2.24, 2.45) is 23.7 Å². The zero-order valence-corrected chi connectivity index (χ0v) is 11.7. The molecule has 2 rings (SSSR count). The summed E-state index contributed by atoms with van der Waals surface area (Å²) in [6.45, 7) is 2.31. The first-order valence-electron chi connectivity index (χ1n) is 7.97. The maximum Gasteiger partial charge on any atom is 0.238 e. The predicted molar refractivity (Wildman–Crippen MR) is 71.8 cm³/mol. The highest BCUT2D eigenvalue weighted by Crippen LogP contribution is 2.42. The van der Waals surface area contributed by atoms with Crippen LogP contribution in [0.4, 0.5) is 8.78 Å². The van der Waals surface area contributed by atoms with Crippen LogP contribution in [-0.4, -0.2) is 6.43 Å². The van der Waals surface area contributed by atoms with Crippen LogP contribution in [0, 0.1) is 23.7 Å². The summed E-state index contributed by atoms with van der Waals surface area (Å²) in [6.07, 6.45) is 9.60. The van der Waals surface area contributed by atoms with E-state index in [1.54, 1.807) is 0 Å². The maximum atomic E-state index is 12.4. The topological polar surface area (TPSA) is 0 Å². The monoisotopic (exact) mass is 258 g/mol. The average molecular weight is 258 g/mol. The molecule has 0 aromatic carbocycles. The molecule has 106 valence electrons. The molecule has 0 saturated heterocycles. The first-order valence-corrected chi connectivity index (χ1v) is 7.97. The second-order valence-electron chi connectivity index (χ2n) is 6.60. The molecule has 0 nitrogen and oxygen atoms in total. The first-order chi connectivity index (χ1) is 8.69. The Morgan fingerprint density at radius 3 is 1.61 bits per heavy atom. The summed E-state index contributed by atoms with van der Waals surface area (Å²) >= 11 is 0. The van der Waals surface area contributed by atoms with E-state index >= 15 is 0 Å². The highest BCUT2D eigenvalue weighted by molar-refractivity contribution is 4.81. The molecule has 0 amide bonds. The molecule has 2 aliphatic rings. The second-order valence-corrected chi connectivity index (χ2v) is 6.60. The minimum atomic E-state index is -2.09. The van der Waals surface area contributed by atoms with Crippen LogP contribution in [-0.2, 0) is 0 Å². The van der Waals surface area contributed by atoms with Gasteiger partial charge >= 0.3 is 0 Å². The minimum absolute atomic E-state index is 0.148. The van der Waals surface area contributed by atoms with Gasteiger partial charge in [-0.2, -0.15) is 0 Å². The van der Waals surface area contributed by atoms with Gasteiger partial charge in [0, 0.05) is 6.42 Å². The van der Waals surface area contributed by atoms with Crippen LogP contribution in [0.3, 0.4) is 0 Å². The fraction of sp³-hybridized carbons (Fsp3) is 1.00. The van der Waals surface area contributed by atoms with Gasteiger partial charge < -0.3 is 0 Å². The van der Waals surface area contributed by atoms with E-state index in [4.69, 9.17) is 0 Å². The summed E-state index contributed by atoms with van der Waals surface area (Å²) in [7, 11) is 0. The molecule has 0 radical (unpaired) electrons. The molecule has 2 heteroatoms. The lowest BCUT2D eigenvalue weighted by atomic mass is 9.68. The molecule has 0 unspecified atom stereocenters. The van der Waals surface area contributed by atoms with Crippen LogP contribution in [0.2, 0.25) is 0 Å². The molecule has 0 bridgehead atoms. The minimum Gasteiger partial charge on any atom is -0.211 e. The van der Waals surface area contributed by atoms with Gasteiger partial charge in [-0.15, -0.1) is 0 Å². The summed E-state index contributed by atoms with van der Waals surface area (Å²) in [5.74, 6) is 3.06. The van der Waals surface area contributed by atoms with Crippen LogP contribution in [0.15, 0.2) is 0 Å². The quantitative estimate of drug-likeness (QED) is 0.610. The van der Waals surface area contributed by atoms with E-state index in [0.29, 0.717) is 5.92 Å². The normalized spacial score (nSPS) is 38.0. The van der Waals surface area contributed by atoms with E-state index in [9.17, 15) is 8.78 Å². The van der Waals surface area contributed by atoms with Crippen molar-refractivity contribution in [2.45, 2.75) is 77.6 Å². The number of hydrogen-bond donors (Lipinski definition) is 0. The van der Waals surface area contributed by atoms with E-state index < -0.39 is 6.43 Å². The number of halogens is 2. The molecule has 0 aliphatic heterocycles. The maximum absolute atomic E-state index is 12.4. The third-order valence-electron chi connectivity index (χ3n) is 5.54. The van der Waals surface area contributed by atoms with E-state index in [-0.39, 0.29) is 6.42 Å². The third kappa shape index (κ3) is 3.93. The standard InChI is InChI=1S/C16H28F2/c1-2-12-3-7-14(8-4-12)15-9-5-13(6-10-15)11-16(17)18/h12-16H,2-11H2,1H3/t12-,13-,14-,15-. The molecular formula is C16H28F2. The smallest absolute Gasteiger partial charge is 0.211 e. The molecule has 0 heterocycles. The molecule has 18 heavy (non-hydrogen) atoms. The summed E-state index contributed by atoms with van der Waals surface area (Å²) in [5, 5.41) is 0. The van der Waals surface area contributed by atoms with Crippen molar-refractivity contribution in [3.05, 3.63) is 0 Å². The largest absolute Gasteiger partial charge is 0.238 e. The Balaban J connectivity index is 1.70. The van der Waals surface area contributed by atoms with Gasteiger partial charge in [0.15, 0.2) is 0 Å². The second kappa shape index (κ2) is 6.86. The Morgan fingerprint density at radius 2 is 1.22 bits per heavy atom. The Hall–Kier alpha value is -0.140. The molecule has 2 fully saturated rings. The van der Waals surface area contributed by atoms with Crippen LogP contribution >= 0.6 is 0 Å². The molecular weight excluding hydrogens is 230 g/mol. The zero-order chi connectivity index (χ0) is 13.0.